The van der Waals surface area contributed by atoms with Crippen LogP contribution in [0.2, 0.25) is 5.02 Å². The Bertz CT molecular complexity index is 541. The monoisotopic (exact) mass is 276 g/mol. The zero-order valence-electron chi connectivity index (χ0n) is 11.2. The van der Waals surface area contributed by atoms with Gasteiger partial charge in [-0.1, -0.05) is 42.6 Å². The van der Waals surface area contributed by atoms with Gasteiger partial charge >= 0.3 is 0 Å². The van der Waals surface area contributed by atoms with Gasteiger partial charge in [-0.3, -0.25) is 0 Å². The highest BCUT2D eigenvalue weighted by Gasteiger charge is 2.13. The molecule has 1 aliphatic carbocycles. The molecule has 102 valence electrons. The summed E-state index contributed by atoms with van der Waals surface area (Å²) in [7, 11) is 0. The number of hydrogen-bond acceptors (Lipinski definition) is 1. The average Bonchev–Trinajstić information content (AvgIpc) is 3.04. The second-order valence-electron chi connectivity index (χ2n) is 5.54. The van der Waals surface area contributed by atoms with Crippen LogP contribution < -0.4 is 5.32 Å². The van der Waals surface area contributed by atoms with Crippen molar-refractivity contribution in [2.24, 2.45) is 5.92 Å². The molecule has 1 heterocycles. The maximum absolute atomic E-state index is 6.25. The van der Waals surface area contributed by atoms with Crippen molar-refractivity contribution in [2.45, 2.75) is 32.2 Å². The number of benzene rings is 1. The van der Waals surface area contributed by atoms with Gasteiger partial charge in [-0.05, 0) is 31.4 Å². The van der Waals surface area contributed by atoms with E-state index in [1.54, 1.807) is 0 Å². The molecule has 3 rings (SSSR count). The van der Waals surface area contributed by atoms with Crippen LogP contribution in [-0.2, 0) is 6.54 Å². The Labute approximate surface area is 119 Å². The lowest BCUT2D eigenvalue weighted by molar-refractivity contribution is 0.478. The van der Waals surface area contributed by atoms with Crippen molar-refractivity contribution in [3.8, 4) is 0 Å². The second kappa shape index (κ2) is 5.98. The van der Waals surface area contributed by atoms with Crippen molar-refractivity contribution >= 4 is 22.5 Å². The van der Waals surface area contributed by atoms with E-state index in [1.807, 2.05) is 12.3 Å². The molecule has 1 aromatic carbocycles. The zero-order valence-corrected chi connectivity index (χ0v) is 12.0. The fourth-order valence-corrected chi connectivity index (χ4v) is 3.38. The highest BCUT2D eigenvalue weighted by molar-refractivity contribution is 6.35. The van der Waals surface area contributed by atoms with Crippen LogP contribution in [0.4, 0.5) is 0 Å². The van der Waals surface area contributed by atoms with Crippen LogP contribution in [-0.4, -0.2) is 17.7 Å². The minimum atomic E-state index is 0.853. The number of nitrogens with zero attached hydrogens (tertiary/aromatic N) is 1. The van der Waals surface area contributed by atoms with Gasteiger partial charge in [0.2, 0.25) is 0 Å². The number of para-hydroxylation sites is 1. The van der Waals surface area contributed by atoms with Gasteiger partial charge in [-0.25, -0.2) is 0 Å². The Balaban J connectivity index is 1.56. The SMILES string of the molecule is Clc1cn(CCNCC2CCCC2)c2ccccc12. The number of aromatic nitrogens is 1. The molecule has 1 N–H and O–H groups in total. The third-order valence-corrected chi connectivity index (χ3v) is 4.48. The van der Waals surface area contributed by atoms with Crippen molar-refractivity contribution in [1.82, 2.24) is 9.88 Å². The maximum Gasteiger partial charge on any atom is 0.0661 e. The molecular formula is C16H21ClN2. The Kier molecular flexibility index (Phi) is 4.09. The van der Waals surface area contributed by atoms with Crippen LogP contribution in [0.5, 0.6) is 0 Å². The molecule has 3 heteroatoms. The molecular weight excluding hydrogens is 256 g/mol. The Morgan fingerprint density at radius 3 is 2.84 bits per heavy atom. The predicted molar refractivity (Wildman–Crippen MR) is 81.8 cm³/mol. The van der Waals surface area contributed by atoms with Gasteiger partial charge in [-0.2, -0.15) is 0 Å². The lowest BCUT2D eigenvalue weighted by atomic mass is 10.1. The summed E-state index contributed by atoms with van der Waals surface area (Å²) in [5.74, 6) is 0.907. The Morgan fingerprint density at radius 1 is 1.21 bits per heavy atom. The number of fused-ring (bicyclic) bond motifs is 1. The molecule has 0 saturated heterocycles. The summed E-state index contributed by atoms with van der Waals surface area (Å²) in [6.45, 7) is 3.18. The summed E-state index contributed by atoms with van der Waals surface area (Å²) in [6, 6.07) is 8.33. The lowest BCUT2D eigenvalue weighted by Gasteiger charge is -2.11. The quantitative estimate of drug-likeness (QED) is 0.815. The summed E-state index contributed by atoms with van der Waals surface area (Å²) >= 11 is 6.25. The largest absolute Gasteiger partial charge is 0.345 e. The molecule has 0 bridgehead atoms. The molecule has 2 nitrogen and oxygen atoms in total. The first-order chi connectivity index (χ1) is 9.34. The van der Waals surface area contributed by atoms with Gasteiger partial charge in [0, 0.05) is 30.2 Å². The Hall–Kier alpha value is -0.990. The van der Waals surface area contributed by atoms with Crippen LogP contribution in [0.25, 0.3) is 10.9 Å². The summed E-state index contributed by atoms with van der Waals surface area (Å²) in [5.41, 5.74) is 1.23. The first kappa shape index (κ1) is 13.0. The summed E-state index contributed by atoms with van der Waals surface area (Å²) in [6.07, 6.45) is 7.70. The molecule has 0 spiro atoms. The van der Waals surface area contributed by atoms with Crippen LogP contribution in [0.3, 0.4) is 0 Å². The summed E-state index contributed by atoms with van der Waals surface area (Å²) < 4.78 is 2.25. The smallest absolute Gasteiger partial charge is 0.0661 e. The fourth-order valence-electron chi connectivity index (χ4n) is 3.11. The number of rotatable bonds is 5. The second-order valence-corrected chi connectivity index (χ2v) is 5.95. The van der Waals surface area contributed by atoms with Crippen LogP contribution in [0, 0.1) is 5.92 Å². The van der Waals surface area contributed by atoms with E-state index >= 15 is 0 Å². The third-order valence-electron chi connectivity index (χ3n) is 4.18. The Morgan fingerprint density at radius 2 is 2.00 bits per heavy atom. The summed E-state index contributed by atoms with van der Waals surface area (Å²) in [5, 5.41) is 5.59. The van der Waals surface area contributed by atoms with Crippen molar-refractivity contribution < 1.29 is 0 Å². The van der Waals surface area contributed by atoms with E-state index in [0.29, 0.717) is 0 Å². The van der Waals surface area contributed by atoms with Gasteiger partial charge in [0.15, 0.2) is 0 Å². The van der Waals surface area contributed by atoms with E-state index in [1.165, 1.54) is 37.7 Å². The van der Waals surface area contributed by atoms with Crippen molar-refractivity contribution in [3.63, 3.8) is 0 Å². The molecule has 19 heavy (non-hydrogen) atoms. The van der Waals surface area contributed by atoms with Crippen molar-refractivity contribution in [2.75, 3.05) is 13.1 Å². The predicted octanol–water partition coefficient (Wildman–Crippen LogP) is 4.07. The number of nitrogens with one attached hydrogen (secondary N) is 1. The molecule has 1 fully saturated rings. The zero-order chi connectivity index (χ0) is 13.1. The lowest BCUT2D eigenvalue weighted by Crippen LogP contribution is -2.25. The van der Waals surface area contributed by atoms with Crippen molar-refractivity contribution in [1.29, 1.82) is 0 Å². The molecule has 1 aliphatic rings. The highest BCUT2D eigenvalue weighted by atomic mass is 35.5. The van der Waals surface area contributed by atoms with Gasteiger partial charge in [0.1, 0.15) is 0 Å². The van der Waals surface area contributed by atoms with E-state index in [-0.39, 0.29) is 0 Å². The van der Waals surface area contributed by atoms with Gasteiger partial charge in [0.05, 0.1) is 5.02 Å². The van der Waals surface area contributed by atoms with Crippen LogP contribution >= 0.6 is 11.6 Å². The van der Waals surface area contributed by atoms with E-state index < -0.39 is 0 Å². The van der Waals surface area contributed by atoms with Gasteiger partial charge in [0.25, 0.3) is 0 Å². The molecule has 0 radical (unpaired) electrons. The van der Waals surface area contributed by atoms with E-state index in [4.69, 9.17) is 11.6 Å². The van der Waals surface area contributed by atoms with Crippen molar-refractivity contribution in [3.05, 3.63) is 35.5 Å². The van der Waals surface area contributed by atoms with Crippen LogP contribution in [0.15, 0.2) is 30.5 Å². The summed E-state index contributed by atoms with van der Waals surface area (Å²) in [4.78, 5) is 0. The third kappa shape index (κ3) is 2.96. The first-order valence-electron chi connectivity index (χ1n) is 7.28. The standard InChI is InChI=1S/C16H21ClN2/c17-15-12-19(16-8-4-3-7-14(15)16)10-9-18-11-13-5-1-2-6-13/h3-4,7-8,12-13,18H,1-2,5-6,9-11H2. The number of hydrogen-bond donors (Lipinski definition) is 1. The first-order valence-corrected chi connectivity index (χ1v) is 7.66. The molecule has 1 saturated carbocycles. The molecule has 0 unspecified atom stereocenters. The van der Waals surface area contributed by atoms with E-state index in [0.717, 1.165) is 29.4 Å². The molecule has 0 atom stereocenters. The molecule has 0 aliphatic heterocycles. The maximum atomic E-state index is 6.25. The minimum absolute atomic E-state index is 0.853. The van der Waals surface area contributed by atoms with Gasteiger partial charge < -0.3 is 9.88 Å². The topological polar surface area (TPSA) is 17.0 Å². The normalized spacial score (nSPS) is 16.5. The average molecular weight is 277 g/mol. The minimum Gasteiger partial charge on any atom is -0.345 e. The van der Waals surface area contributed by atoms with E-state index in [2.05, 4.69) is 28.1 Å². The molecule has 2 aromatic rings. The highest BCUT2D eigenvalue weighted by Crippen LogP contribution is 2.25. The molecule has 1 aromatic heterocycles. The number of halogens is 1. The molecule has 0 amide bonds. The van der Waals surface area contributed by atoms with Crippen LogP contribution in [0.1, 0.15) is 25.7 Å². The fraction of sp³-hybridized carbons (Fsp3) is 0.500. The van der Waals surface area contributed by atoms with E-state index in [9.17, 15) is 0 Å². The van der Waals surface area contributed by atoms with Gasteiger partial charge in [-0.15, -0.1) is 0 Å².